The average Bonchev–Trinajstić information content (AvgIpc) is 2.47. The van der Waals surface area contributed by atoms with E-state index in [4.69, 9.17) is 17.3 Å². The number of aromatic nitrogens is 2. The van der Waals surface area contributed by atoms with Gasteiger partial charge >= 0.3 is 0 Å². The van der Waals surface area contributed by atoms with Crippen molar-refractivity contribution in [2.45, 2.75) is 20.4 Å². The summed E-state index contributed by atoms with van der Waals surface area (Å²) in [5.41, 5.74) is 7.82. The molecule has 5 nitrogen and oxygen atoms in total. The lowest BCUT2D eigenvalue weighted by molar-refractivity contribution is 0.636. The third-order valence-electron chi connectivity index (χ3n) is 3.37. The third-order valence-corrected chi connectivity index (χ3v) is 3.74. The maximum absolute atomic E-state index is 12.2. The summed E-state index contributed by atoms with van der Waals surface area (Å²) in [5, 5.41) is 4.80. The van der Waals surface area contributed by atoms with E-state index in [2.05, 4.69) is 10.00 Å². The van der Waals surface area contributed by atoms with Crippen LogP contribution < -0.4 is 16.2 Å². The molecule has 1 aromatic heterocycles. The fourth-order valence-corrected chi connectivity index (χ4v) is 2.36. The van der Waals surface area contributed by atoms with Crippen molar-refractivity contribution in [2.75, 3.05) is 23.7 Å². The van der Waals surface area contributed by atoms with Gasteiger partial charge in [0.25, 0.3) is 5.56 Å². The highest BCUT2D eigenvalue weighted by Gasteiger charge is 2.08. The average molecular weight is 307 g/mol. The molecular formula is C15H19ClN4O. The number of nitrogen functional groups attached to an aromatic ring is 1. The van der Waals surface area contributed by atoms with Crippen LogP contribution in [-0.2, 0) is 6.54 Å². The van der Waals surface area contributed by atoms with Crippen molar-refractivity contribution in [1.29, 1.82) is 0 Å². The van der Waals surface area contributed by atoms with Gasteiger partial charge in [-0.05, 0) is 37.6 Å². The van der Waals surface area contributed by atoms with Crippen LogP contribution in [0.25, 0.3) is 0 Å². The molecule has 0 amide bonds. The van der Waals surface area contributed by atoms with Crippen molar-refractivity contribution in [1.82, 2.24) is 9.78 Å². The SMILES string of the molecule is CCN(CC)c1cnn(Cc2cc(N)ccc2Cl)c(=O)c1. The maximum atomic E-state index is 12.2. The monoisotopic (exact) mass is 306 g/mol. The Balaban J connectivity index is 2.30. The highest BCUT2D eigenvalue weighted by Crippen LogP contribution is 2.19. The minimum Gasteiger partial charge on any atom is -0.399 e. The third kappa shape index (κ3) is 3.55. The van der Waals surface area contributed by atoms with Crippen molar-refractivity contribution in [3.8, 4) is 0 Å². The van der Waals surface area contributed by atoms with Crippen LogP contribution in [0, 0.1) is 0 Å². The van der Waals surface area contributed by atoms with Gasteiger partial charge in [-0.15, -0.1) is 0 Å². The van der Waals surface area contributed by atoms with Crippen LogP contribution in [0.1, 0.15) is 19.4 Å². The molecule has 2 aromatic rings. The van der Waals surface area contributed by atoms with Crippen molar-refractivity contribution in [3.05, 3.63) is 51.4 Å². The molecule has 0 aliphatic rings. The van der Waals surface area contributed by atoms with Crippen molar-refractivity contribution in [3.63, 3.8) is 0 Å². The normalized spacial score (nSPS) is 10.6. The van der Waals surface area contributed by atoms with Crippen LogP contribution in [0.4, 0.5) is 11.4 Å². The Bertz CT molecular complexity index is 680. The van der Waals surface area contributed by atoms with Crippen LogP contribution in [0.2, 0.25) is 5.02 Å². The zero-order chi connectivity index (χ0) is 15.4. The summed E-state index contributed by atoms with van der Waals surface area (Å²) in [6.45, 7) is 6.07. The molecule has 2 rings (SSSR count). The van der Waals surface area contributed by atoms with E-state index in [0.717, 1.165) is 24.3 Å². The van der Waals surface area contributed by atoms with Crippen molar-refractivity contribution >= 4 is 23.0 Å². The molecule has 0 aliphatic heterocycles. The van der Waals surface area contributed by atoms with Gasteiger partial charge in [-0.25, -0.2) is 4.68 Å². The van der Waals surface area contributed by atoms with Crippen LogP contribution in [0.15, 0.2) is 35.3 Å². The van der Waals surface area contributed by atoms with Crippen molar-refractivity contribution < 1.29 is 0 Å². The lowest BCUT2D eigenvalue weighted by Crippen LogP contribution is -2.28. The molecule has 0 atom stereocenters. The standard InChI is InChI=1S/C15H19ClN4O/c1-3-19(4-2)13-8-15(21)20(18-9-13)10-11-7-12(17)5-6-14(11)16/h5-9H,3-4,10,17H2,1-2H3. The van der Waals surface area contributed by atoms with E-state index in [0.29, 0.717) is 17.3 Å². The van der Waals surface area contributed by atoms with Gasteiger partial charge in [0.2, 0.25) is 0 Å². The lowest BCUT2D eigenvalue weighted by atomic mass is 10.2. The van der Waals surface area contributed by atoms with E-state index >= 15 is 0 Å². The highest BCUT2D eigenvalue weighted by atomic mass is 35.5. The summed E-state index contributed by atoms with van der Waals surface area (Å²) in [6, 6.07) is 6.81. The predicted molar refractivity (Wildman–Crippen MR) is 87.0 cm³/mol. The van der Waals surface area contributed by atoms with E-state index in [-0.39, 0.29) is 5.56 Å². The van der Waals surface area contributed by atoms with E-state index in [1.54, 1.807) is 30.5 Å². The topological polar surface area (TPSA) is 64.2 Å². The van der Waals surface area contributed by atoms with Gasteiger partial charge in [-0.2, -0.15) is 5.10 Å². The molecule has 6 heteroatoms. The van der Waals surface area contributed by atoms with E-state index < -0.39 is 0 Å². The van der Waals surface area contributed by atoms with Gasteiger partial charge in [0.1, 0.15) is 0 Å². The smallest absolute Gasteiger partial charge is 0.269 e. The van der Waals surface area contributed by atoms with Crippen molar-refractivity contribution in [2.24, 2.45) is 0 Å². The molecular weight excluding hydrogens is 288 g/mol. The number of nitrogens with two attached hydrogens (primary N) is 1. The summed E-state index contributed by atoms with van der Waals surface area (Å²) in [5.74, 6) is 0. The molecule has 2 N–H and O–H groups in total. The van der Waals surface area contributed by atoms with Crippen LogP contribution in [0.5, 0.6) is 0 Å². The van der Waals surface area contributed by atoms with E-state index in [9.17, 15) is 4.79 Å². The van der Waals surface area contributed by atoms with Gasteiger partial charge < -0.3 is 10.6 Å². The second-order valence-electron chi connectivity index (χ2n) is 4.73. The molecule has 0 spiro atoms. The van der Waals surface area contributed by atoms with Gasteiger partial charge in [0.15, 0.2) is 0 Å². The zero-order valence-corrected chi connectivity index (χ0v) is 13.0. The first-order chi connectivity index (χ1) is 10.0. The molecule has 0 saturated heterocycles. The fourth-order valence-electron chi connectivity index (χ4n) is 2.18. The van der Waals surface area contributed by atoms with E-state index in [1.165, 1.54) is 4.68 Å². The number of halogens is 1. The Labute approximate surface area is 128 Å². The Kier molecular flexibility index (Phi) is 4.85. The minimum absolute atomic E-state index is 0.155. The Hall–Kier alpha value is -2.01. The minimum atomic E-state index is -0.155. The van der Waals surface area contributed by atoms with Gasteiger partial charge in [0, 0.05) is 29.9 Å². The highest BCUT2D eigenvalue weighted by molar-refractivity contribution is 6.31. The number of benzene rings is 1. The lowest BCUT2D eigenvalue weighted by Gasteiger charge is -2.20. The summed E-state index contributed by atoms with van der Waals surface area (Å²) in [4.78, 5) is 14.3. The Morgan fingerprint density at radius 2 is 2.00 bits per heavy atom. The molecule has 0 radical (unpaired) electrons. The second kappa shape index (κ2) is 6.63. The number of rotatable bonds is 5. The summed E-state index contributed by atoms with van der Waals surface area (Å²) in [6.07, 6.45) is 1.70. The Morgan fingerprint density at radius 1 is 1.29 bits per heavy atom. The quantitative estimate of drug-likeness (QED) is 0.861. The largest absolute Gasteiger partial charge is 0.399 e. The number of hydrogen-bond donors (Lipinski definition) is 1. The molecule has 1 aromatic carbocycles. The predicted octanol–water partition coefficient (Wildman–Crippen LogP) is 2.37. The Morgan fingerprint density at radius 3 is 2.62 bits per heavy atom. The molecule has 0 aliphatic carbocycles. The first-order valence-corrected chi connectivity index (χ1v) is 7.29. The molecule has 0 fully saturated rings. The van der Waals surface area contributed by atoms with Gasteiger partial charge in [-0.3, -0.25) is 4.79 Å². The van der Waals surface area contributed by atoms with E-state index in [1.807, 2.05) is 13.8 Å². The maximum Gasteiger partial charge on any atom is 0.269 e. The summed E-state index contributed by atoms with van der Waals surface area (Å²) >= 11 is 6.12. The van der Waals surface area contributed by atoms with Gasteiger partial charge in [-0.1, -0.05) is 11.6 Å². The van der Waals surface area contributed by atoms with Crippen LogP contribution in [-0.4, -0.2) is 22.9 Å². The number of nitrogens with zero attached hydrogens (tertiary/aromatic N) is 3. The molecule has 112 valence electrons. The first kappa shape index (κ1) is 15.4. The number of anilines is 2. The molecule has 0 unspecified atom stereocenters. The zero-order valence-electron chi connectivity index (χ0n) is 12.2. The molecule has 0 bridgehead atoms. The van der Waals surface area contributed by atoms with Crippen LogP contribution in [0.3, 0.4) is 0 Å². The summed E-state index contributed by atoms with van der Waals surface area (Å²) in [7, 11) is 0. The fraction of sp³-hybridized carbons (Fsp3) is 0.333. The first-order valence-electron chi connectivity index (χ1n) is 6.91. The molecule has 21 heavy (non-hydrogen) atoms. The second-order valence-corrected chi connectivity index (χ2v) is 5.14. The molecule has 1 heterocycles. The molecule has 0 saturated carbocycles. The van der Waals surface area contributed by atoms with Gasteiger partial charge in [0.05, 0.1) is 18.4 Å². The summed E-state index contributed by atoms with van der Waals surface area (Å²) < 4.78 is 1.38. The number of hydrogen-bond acceptors (Lipinski definition) is 4. The van der Waals surface area contributed by atoms with Crippen LogP contribution >= 0.6 is 11.6 Å².